The maximum Gasteiger partial charge on any atom is 0.226 e. The molecule has 1 amide bonds. The van der Waals surface area contributed by atoms with Crippen LogP contribution in [-0.2, 0) is 4.79 Å². The summed E-state index contributed by atoms with van der Waals surface area (Å²) in [5.74, 6) is 3.89. The third kappa shape index (κ3) is 3.31. The summed E-state index contributed by atoms with van der Waals surface area (Å²) < 4.78 is 14.0. The van der Waals surface area contributed by atoms with Crippen LogP contribution >= 0.6 is 11.8 Å². The zero-order chi connectivity index (χ0) is 18.4. The largest absolute Gasteiger partial charge is 0.335 e. The summed E-state index contributed by atoms with van der Waals surface area (Å²) in [7, 11) is 0. The number of hydrogen-bond acceptors (Lipinski definition) is 3. The molecule has 3 atom stereocenters. The number of benzene rings is 1. The van der Waals surface area contributed by atoms with Gasteiger partial charge in [0.2, 0.25) is 5.91 Å². The maximum atomic E-state index is 14.0. The first-order valence-corrected chi connectivity index (χ1v) is 11.7. The van der Waals surface area contributed by atoms with Gasteiger partial charge in [0, 0.05) is 37.5 Å². The van der Waals surface area contributed by atoms with Gasteiger partial charge in [0.05, 0.1) is 6.04 Å². The van der Waals surface area contributed by atoms with E-state index < -0.39 is 0 Å². The molecule has 1 aromatic rings. The molecule has 0 radical (unpaired) electrons. The van der Waals surface area contributed by atoms with E-state index in [1.54, 1.807) is 12.1 Å². The summed E-state index contributed by atoms with van der Waals surface area (Å²) in [5.41, 5.74) is 0.997. The van der Waals surface area contributed by atoms with Gasteiger partial charge >= 0.3 is 0 Å². The van der Waals surface area contributed by atoms with Crippen LogP contribution in [-0.4, -0.2) is 52.9 Å². The van der Waals surface area contributed by atoms with Crippen molar-refractivity contribution in [2.45, 2.75) is 44.2 Å². The number of likely N-dealkylation sites (tertiary alicyclic amines) is 2. The van der Waals surface area contributed by atoms with Crippen molar-refractivity contribution < 1.29 is 9.18 Å². The summed E-state index contributed by atoms with van der Waals surface area (Å²) in [6, 6.07) is 7.76. The second kappa shape index (κ2) is 7.40. The highest BCUT2D eigenvalue weighted by Crippen LogP contribution is 2.47. The number of nitrogens with zero attached hydrogens (tertiary/aromatic N) is 2. The van der Waals surface area contributed by atoms with E-state index in [1.807, 2.05) is 6.07 Å². The van der Waals surface area contributed by atoms with Crippen LogP contribution in [0.4, 0.5) is 4.39 Å². The van der Waals surface area contributed by atoms with E-state index in [0.29, 0.717) is 23.8 Å². The number of thioether (sulfide) groups is 1. The molecule has 0 unspecified atom stereocenters. The SMILES string of the molecule is O=C(C1CCC1)N1C[C@@H]2CN(C3CCSCC3)C[C@@H]2[C@@H]1c1cccc(F)c1. The van der Waals surface area contributed by atoms with Crippen LogP contribution in [0.25, 0.3) is 0 Å². The van der Waals surface area contributed by atoms with Gasteiger partial charge < -0.3 is 4.90 Å². The van der Waals surface area contributed by atoms with Crippen LogP contribution in [0.5, 0.6) is 0 Å². The molecule has 0 aromatic heterocycles. The van der Waals surface area contributed by atoms with Crippen molar-refractivity contribution in [3.05, 3.63) is 35.6 Å². The molecule has 3 heterocycles. The van der Waals surface area contributed by atoms with E-state index in [2.05, 4.69) is 21.6 Å². The Morgan fingerprint density at radius 2 is 1.89 bits per heavy atom. The van der Waals surface area contributed by atoms with Gasteiger partial charge in [-0.2, -0.15) is 11.8 Å². The summed E-state index contributed by atoms with van der Waals surface area (Å²) in [6.45, 7) is 3.04. The fourth-order valence-corrected chi connectivity index (χ4v) is 6.74. The molecule has 0 spiro atoms. The average Bonchev–Trinajstić information content (AvgIpc) is 3.18. The number of carbonyl (C=O) groups is 1. The Kier molecular flexibility index (Phi) is 4.93. The lowest BCUT2D eigenvalue weighted by atomic mass is 9.83. The molecule has 146 valence electrons. The first kappa shape index (κ1) is 18.0. The van der Waals surface area contributed by atoms with Crippen LogP contribution in [0.3, 0.4) is 0 Å². The standard InChI is InChI=1S/C22H29FN2OS/c23-18-6-2-5-16(11-18)21-20-14-24(19-7-9-27-10-8-19)12-17(20)13-25(21)22(26)15-3-1-4-15/h2,5-6,11,15,17,19-21H,1,3-4,7-10,12-14H2/t17-,20-,21-/m0/s1. The Labute approximate surface area is 165 Å². The zero-order valence-electron chi connectivity index (χ0n) is 15.9. The molecular weight excluding hydrogens is 359 g/mol. The van der Waals surface area contributed by atoms with E-state index in [4.69, 9.17) is 0 Å². The van der Waals surface area contributed by atoms with Gasteiger partial charge in [0.1, 0.15) is 5.82 Å². The second-order valence-electron chi connectivity index (χ2n) is 8.84. The van der Waals surface area contributed by atoms with Crippen molar-refractivity contribution in [2.24, 2.45) is 17.8 Å². The second-order valence-corrected chi connectivity index (χ2v) is 10.1. The molecule has 3 aliphatic heterocycles. The molecule has 4 fully saturated rings. The fourth-order valence-electron chi connectivity index (χ4n) is 5.66. The van der Waals surface area contributed by atoms with Crippen molar-refractivity contribution in [1.82, 2.24) is 9.80 Å². The molecule has 3 nitrogen and oxygen atoms in total. The van der Waals surface area contributed by atoms with Gasteiger partial charge in [-0.05, 0) is 60.8 Å². The minimum absolute atomic E-state index is 0.0572. The van der Waals surface area contributed by atoms with Crippen LogP contribution in [0.15, 0.2) is 24.3 Å². The molecule has 27 heavy (non-hydrogen) atoms. The monoisotopic (exact) mass is 388 g/mol. The van der Waals surface area contributed by atoms with Gasteiger partial charge in [0.15, 0.2) is 0 Å². The summed E-state index contributed by atoms with van der Waals surface area (Å²) in [4.78, 5) is 17.9. The van der Waals surface area contributed by atoms with Crippen molar-refractivity contribution in [1.29, 1.82) is 0 Å². The Hall–Kier alpha value is -1.07. The first-order valence-electron chi connectivity index (χ1n) is 10.6. The summed E-state index contributed by atoms with van der Waals surface area (Å²) >= 11 is 2.07. The molecule has 0 N–H and O–H groups in total. The normalized spacial score (nSPS) is 32.5. The maximum absolute atomic E-state index is 14.0. The average molecular weight is 389 g/mol. The quantitative estimate of drug-likeness (QED) is 0.783. The summed E-state index contributed by atoms with van der Waals surface area (Å²) in [5, 5.41) is 0. The zero-order valence-corrected chi connectivity index (χ0v) is 16.7. The fraction of sp³-hybridized carbons (Fsp3) is 0.682. The van der Waals surface area contributed by atoms with Crippen LogP contribution in [0.2, 0.25) is 0 Å². The molecule has 1 aromatic carbocycles. The topological polar surface area (TPSA) is 23.6 Å². The number of halogens is 1. The lowest BCUT2D eigenvalue weighted by molar-refractivity contribution is -0.139. The number of rotatable bonds is 3. The highest BCUT2D eigenvalue weighted by molar-refractivity contribution is 7.99. The van der Waals surface area contributed by atoms with Gasteiger partial charge in [-0.3, -0.25) is 9.69 Å². The van der Waals surface area contributed by atoms with E-state index in [0.717, 1.165) is 38.0 Å². The lowest BCUT2D eigenvalue weighted by Gasteiger charge is -2.37. The Morgan fingerprint density at radius 3 is 2.59 bits per heavy atom. The van der Waals surface area contributed by atoms with E-state index in [1.165, 1.54) is 36.8 Å². The van der Waals surface area contributed by atoms with Gasteiger partial charge in [-0.15, -0.1) is 0 Å². The smallest absolute Gasteiger partial charge is 0.226 e. The number of amides is 1. The van der Waals surface area contributed by atoms with E-state index in [-0.39, 0.29) is 17.8 Å². The minimum atomic E-state index is -0.189. The van der Waals surface area contributed by atoms with Crippen molar-refractivity contribution in [3.63, 3.8) is 0 Å². The predicted octanol–water partition coefficient (Wildman–Crippen LogP) is 3.95. The molecule has 3 saturated heterocycles. The molecule has 5 rings (SSSR count). The Morgan fingerprint density at radius 1 is 1.07 bits per heavy atom. The summed E-state index contributed by atoms with van der Waals surface area (Å²) in [6.07, 6.45) is 5.83. The van der Waals surface area contributed by atoms with Gasteiger partial charge in [0.25, 0.3) is 0 Å². The molecule has 5 heteroatoms. The minimum Gasteiger partial charge on any atom is -0.335 e. The third-order valence-electron chi connectivity index (χ3n) is 7.33. The van der Waals surface area contributed by atoms with Gasteiger partial charge in [-0.25, -0.2) is 4.39 Å². The molecule has 1 saturated carbocycles. The Balaban J connectivity index is 1.40. The molecule has 4 aliphatic rings. The Bertz CT molecular complexity index is 703. The molecule has 1 aliphatic carbocycles. The molecule has 0 bridgehead atoms. The van der Waals surface area contributed by atoms with Crippen molar-refractivity contribution >= 4 is 17.7 Å². The first-order chi connectivity index (χ1) is 13.2. The van der Waals surface area contributed by atoms with Crippen LogP contribution < -0.4 is 0 Å². The number of fused-ring (bicyclic) bond motifs is 1. The van der Waals surface area contributed by atoms with Crippen molar-refractivity contribution in [2.75, 3.05) is 31.1 Å². The molecular formula is C22H29FN2OS. The predicted molar refractivity (Wildman–Crippen MR) is 107 cm³/mol. The third-order valence-corrected chi connectivity index (χ3v) is 8.38. The van der Waals surface area contributed by atoms with Crippen LogP contribution in [0, 0.1) is 23.6 Å². The van der Waals surface area contributed by atoms with E-state index >= 15 is 0 Å². The van der Waals surface area contributed by atoms with Crippen molar-refractivity contribution in [3.8, 4) is 0 Å². The lowest BCUT2D eigenvalue weighted by Crippen LogP contribution is -2.43. The number of carbonyl (C=O) groups excluding carboxylic acids is 1. The van der Waals surface area contributed by atoms with Crippen LogP contribution in [0.1, 0.15) is 43.7 Å². The van der Waals surface area contributed by atoms with Gasteiger partial charge in [-0.1, -0.05) is 18.6 Å². The highest BCUT2D eigenvalue weighted by atomic mass is 32.2. The number of hydrogen-bond donors (Lipinski definition) is 0. The van der Waals surface area contributed by atoms with E-state index in [9.17, 15) is 9.18 Å². The highest BCUT2D eigenvalue weighted by Gasteiger charge is 2.51.